The predicted molar refractivity (Wildman–Crippen MR) is 141 cm³/mol. The summed E-state index contributed by atoms with van der Waals surface area (Å²) in [4.78, 5) is 50.7. The number of carboxylic acid groups (broad SMARTS) is 2. The molecule has 2 aromatic rings. The number of terminal acetylenes is 2. The van der Waals surface area contributed by atoms with Gasteiger partial charge in [-0.05, 0) is 73.9 Å². The number of carbonyl (C=O) groups is 4. The average Bonchev–Trinajstić information content (AvgIpc) is 2.91. The average molecular weight is 513 g/mol. The Morgan fingerprint density at radius 3 is 1.37 bits per heavy atom. The first-order valence-electron chi connectivity index (χ1n) is 12.4. The summed E-state index contributed by atoms with van der Waals surface area (Å²) in [5, 5.41) is 25.5. The second kappa shape index (κ2) is 11.2. The Morgan fingerprint density at radius 1 is 0.658 bits per heavy atom. The molecule has 6 atom stereocenters. The van der Waals surface area contributed by atoms with Crippen LogP contribution in [0, 0.1) is 60.2 Å². The van der Waals surface area contributed by atoms with Crippen molar-refractivity contribution in [1.29, 1.82) is 0 Å². The number of carboxylic acids is 2. The van der Waals surface area contributed by atoms with Gasteiger partial charge in [-0.25, -0.2) is 0 Å². The molecule has 2 aromatic carbocycles. The molecule has 4 N–H and O–H groups in total. The minimum atomic E-state index is -1.09. The van der Waals surface area contributed by atoms with Crippen molar-refractivity contribution < 1.29 is 29.4 Å². The van der Waals surface area contributed by atoms with Crippen LogP contribution in [0.4, 0.5) is 11.4 Å². The smallest absolute Gasteiger partial charge is 0.307 e. The Bertz CT molecular complexity index is 1250. The van der Waals surface area contributed by atoms with E-state index in [4.69, 9.17) is 12.8 Å². The van der Waals surface area contributed by atoms with Crippen LogP contribution >= 0.6 is 0 Å². The third kappa shape index (κ3) is 5.71. The zero-order chi connectivity index (χ0) is 27.4. The van der Waals surface area contributed by atoms with Crippen LogP contribution in [-0.4, -0.2) is 34.0 Å². The molecule has 0 heterocycles. The maximum Gasteiger partial charge on any atom is 0.307 e. The summed E-state index contributed by atoms with van der Waals surface area (Å²) < 4.78 is 0. The van der Waals surface area contributed by atoms with Crippen molar-refractivity contribution in [2.24, 2.45) is 35.5 Å². The van der Waals surface area contributed by atoms with Gasteiger partial charge < -0.3 is 20.8 Å². The summed E-state index contributed by atoms with van der Waals surface area (Å²) in [6.45, 7) is 0. The lowest BCUT2D eigenvalue weighted by atomic mass is 9.58. The van der Waals surface area contributed by atoms with Crippen molar-refractivity contribution in [2.75, 3.05) is 10.6 Å². The minimum Gasteiger partial charge on any atom is -0.481 e. The molecule has 0 radical (unpaired) electrons. The van der Waals surface area contributed by atoms with Gasteiger partial charge in [-0.2, -0.15) is 0 Å². The van der Waals surface area contributed by atoms with Gasteiger partial charge in [0.25, 0.3) is 0 Å². The van der Waals surface area contributed by atoms with E-state index in [0.29, 0.717) is 22.5 Å². The number of benzene rings is 2. The first-order chi connectivity index (χ1) is 18.2. The van der Waals surface area contributed by atoms with Crippen molar-refractivity contribution in [1.82, 2.24) is 0 Å². The number of anilines is 2. The third-order valence-electron chi connectivity index (χ3n) is 7.77. The van der Waals surface area contributed by atoms with E-state index in [-0.39, 0.29) is 37.5 Å². The SMILES string of the molecule is C#Cc1cccc(NC(=O)C2CC3CC(C(=O)O)C(C(=O)Nc4cccc(C#C)c4)CC3CC2C(=O)O)c1. The molecule has 0 aromatic heterocycles. The number of aliphatic carboxylic acids is 2. The van der Waals surface area contributed by atoms with Crippen LogP contribution in [0.25, 0.3) is 0 Å². The van der Waals surface area contributed by atoms with Crippen LogP contribution in [0.5, 0.6) is 0 Å². The molecule has 0 bridgehead atoms. The van der Waals surface area contributed by atoms with Gasteiger partial charge in [0.05, 0.1) is 23.7 Å². The topological polar surface area (TPSA) is 133 Å². The van der Waals surface area contributed by atoms with Crippen molar-refractivity contribution in [3.05, 3.63) is 59.7 Å². The Hall–Kier alpha value is -4.56. The standard InChI is InChI=1S/C30H28N2O6/c1-3-17-7-5-9-21(11-17)31-27(33)23-13-19-16-26(30(37)38)24(14-20(19)15-25(23)29(35)36)28(34)32-22-10-6-8-18(4-2)12-22/h1-2,5-12,19-20,23-26H,13-16H2,(H,31,33)(H,32,34)(H,35,36)(H,37,38). The summed E-state index contributed by atoms with van der Waals surface area (Å²) in [5.74, 6) is -2.06. The van der Waals surface area contributed by atoms with E-state index in [1.54, 1.807) is 48.5 Å². The first-order valence-corrected chi connectivity index (χ1v) is 12.4. The first kappa shape index (κ1) is 26.5. The van der Waals surface area contributed by atoms with E-state index >= 15 is 0 Å². The summed E-state index contributed by atoms with van der Waals surface area (Å²) in [7, 11) is 0. The van der Waals surface area contributed by atoms with Gasteiger partial charge in [0, 0.05) is 22.5 Å². The highest BCUT2D eigenvalue weighted by atomic mass is 16.4. The molecular formula is C30H28N2O6. The van der Waals surface area contributed by atoms with Gasteiger partial charge in [-0.3, -0.25) is 19.2 Å². The van der Waals surface area contributed by atoms with Crippen molar-refractivity contribution in [2.45, 2.75) is 25.7 Å². The van der Waals surface area contributed by atoms with Gasteiger partial charge in [0.2, 0.25) is 11.8 Å². The highest BCUT2D eigenvalue weighted by molar-refractivity contribution is 5.96. The molecule has 0 aliphatic heterocycles. The summed E-state index contributed by atoms with van der Waals surface area (Å²) in [6, 6.07) is 13.4. The fourth-order valence-corrected chi connectivity index (χ4v) is 5.89. The quantitative estimate of drug-likeness (QED) is 0.437. The van der Waals surface area contributed by atoms with Gasteiger partial charge in [-0.15, -0.1) is 12.8 Å². The van der Waals surface area contributed by atoms with Crippen LogP contribution in [-0.2, 0) is 19.2 Å². The lowest BCUT2D eigenvalue weighted by Crippen LogP contribution is -2.48. The number of amides is 2. The van der Waals surface area contributed by atoms with Crippen molar-refractivity contribution >= 4 is 35.1 Å². The maximum atomic E-state index is 13.2. The second-order valence-electron chi connectivity index (χ2n) is 9.99. The molecule has 8 nitrogen and oxygen atoms in total. The molecule has 2 amide bonds. The van der Waals surface area contributed by atoms with Crippen LogP contribution in [0.2, 0.25) is 0 Å². The Balaban J connectivity index is 1.52. The molecule has 38 heavy (non-hydrogen) atoms. The molecular weight excluding hydrogens is 484 g/mol. The normalized spacial score (nSPS) is 26.1. The summed E-state index contributed by atoms with van der Waals surface area (Å²) in [6.07, 6.45) is 11.7. The van der Waals surface area contributed by atoms with Gasteiger partial charge >= 0.3 is 11.9 Å². The number of fused-ring (bicyclic) bond motifs is 1. The third-order valence-corrected chi connectivity index (χ3v) is 7.77. The molecule has 2 aliphatic rings. The number of nitrogens with one attached hydrogen (secondary N) is 2. The second-order valence-corrected chi connectivity index (χ2v) is 9.99. The Kier molecular flexibility index (Phi) is 7.83. The minimum absolute atomic E-state index is 0.186. The zero-order valence-corrected chi connectivity index (χ0v) is 20.6. The molecule has 2 aliphatic carbocycles. The Morgan fingerprint density at radius 2 is 1.03 bits per heavy atom. The monoisotopic (exact) mass is 512 g/mol. The molecule has 4 rings (SSSR count). The number of hydrogen-bond acceptors (Lipinski definition) is 4. The summed E-state index contributed by atoms with van der Waals surface area (Å²) in [5.41, 5.74) is 2.09. The highest BCUT2D eigenvalue weighted by Crippen LogP contribution is 2.49. The Labute approximate surface area is 220 Å². The molecule has 6 unspecified atom stereocenters. The van der Waals surface area contributed by atoms with Crippen LogP contribution in [0.15, 0.2) is 48.5 Å². The fraction of sp³-hybridized carbons (Fsp3) is 0.333. The maximum absolute atomic E-state index is 13.2. The molecule has 194 valence electrons. The predicted octanol–water partition coefficient (Wildman–Crippen LogP) is 3.68. The number of carbonyl (C=O) groups excluding carboxylic acids is 2. The lowest BCUT2D eigenvalue weighted by Gasteiger charge is -2.45. The van der Waals surface area contributed by atoms with E-state index in [1.807, 2.05) is 0 Å². The highest BCUT2D eigenvalue weighted by Gasteiger charge is 2.50. The van der Waals surface area contributed by atoms with E-state index < -0.39 is 47.4 Å². The summed E-state index contributed by atoms with van der Waals surface area (Å²) >= 11 is 0. The van der Waals surface area contributed by atoms with Gasteiger partial charge in [0.1, 0.15) is 0 Å². The van der Waals surface area contributed by atoms with E-state index in [2.05, 4.69) is 22.5 Å². The van der Waals surface area contributed by atoms with Gasteiger partial charge in [-0.1, -0.05) is 24.0 Å². The molecule has 8 heteroatoms. The molecule has 0 saturated heterocycles. The fourth-order valence-electron chi connectivity index (χ4n) is 5.89. The largest absolute Gasteiger partial charge is 0.481 e. The zero-order valence-electron chi connectivity index (χ0n) is 20.6. The van der Waals surface area contributed by atoms with Crippen LogP contribution in [0.1, 0.15) is 36.8 Å². The van der Waals surface area contributed by atoms with Crippen LogP contribution in [0.3, 0.4) is 0 Å². The molecule has 2 fully saturated rings. The lowest BCUT2D eigenvalue weighted by molar-refractivity contribution is -0.156. The number of hydrogen-bond donors (Lipinski definition) is 4. The van der Waals surface area contributed by atoms with Gasteiger partial charge in [0.15, 0.2) is 0 Å². The van der Waals surface area contributed by atoms with Crippen molar-refractivity contribution in [3.8, 4) is 24.7 Å². The van der Waals surface area contributed by atoms with Crippen molar-refractivity contribution in [3.63, 3.8) is 0 Å². The van der Waals surface area contributed by atoms with E-state index in [0.717, 1.165) is 0 Å². The van der Waals surface area contributed by atoms with E-state index in [9.17, 15) is 29.4 Å². The van der Waals surface area contributed by atoms with Crippen LogP contribution < -0.4 is 10.6 Å². The number of rotatable bonds is 6. The molecule has 2 saturated carbocycles. The van der Waals surface area contributed by atoms with E-state index in [1.165, 1.54) is 0 Å². The molecule has 0 spiro atoms.